The first-order valence-electron chi connectivity index (χ1n) is 12.6. The number of rotatable bonds is 7. The average molecular weight is 462 g/mol. The van der Waals surface area contributed by atoms with Gasteiger partial charge in [0.05, 0.1) is 11.8 Å². The molecule has 3 fully saturated rings. The molecule has 1 aromatic rings. The van der Waals surface area contributed by atoms with Crippen LogP contribution < -0.4 is 4.90 Å². The summed E-state index contributed by atoms with van der Waals surface area (Å²) in [5.41, 5.74) is 0.939. The lowest BCUT2D eigenvalue weighted by molar-refractivity contribution is -0.120. The minimum Gasteiger partial charge on any atom is -0.477 e. The third-order valence-corrected chi connectivity index (χ3v) is 9.46. The van der Waals surface area contributed by atoms with Crippen LogP contribution in [0.1, 0.15) is 104 Å². The van der Waals surface area contributed by atoms with Gasteiger partial charge in [0.1, 0.15) is 10.7 Å². The molecule has 0 amide bonds. The number of hydrogen-bond donors (Lipinski definition) is 1. The van der Waals surface area contributed by atoms with E-state index < -0.39 is 5.97 Å². The highest BCUT2D eigenvalue weighted by molar-refractivity contribution is 7.14. The molecule has 5 nitrogen and oxygen atoms in total. The van der Waals surface area contributed by atoms with Crippen molar-refractivity contribution in [1.29, 1.82) is 0 Å². The van der Waals surface area contributed by atoms with Crippen LogP contribution in [-0.4, -0.2) is 42.7 Å². The summed E-state index contributed by atoms with van der Waals surface area (Å²) in [7, 11) is 1.80. The van der Waals surface area contributed by atoms with Gasteiger partial charge in [0.15, 0.2) is 0 Å². The number of carbonyl (C=O) groups excluding carboxylic acids is 1. The molecule has 0 saturated heterocycles. The highest BCUT2D eigenvalue weighted by Gasteiger charge is 2.33. The van der Waals surface area contributed by atoms with Crippen molar-refractivity contribution in [3.8, 4) is 0 Å². The standard InChI is InChI=1S/C26H39NO4S/c1-17-3-5-18(6-4-17)16-27(20-9-13-22(31-2)14-10-20)23-15-24(32-25(23)26(29)30)19-7-11-21(28)12-8-19/h15,17-20,22H,3-14,16H2,1-2H3,(H,29,30). The van der Waals surface area contributed by atoms with Gasteiger partial charge in [0, 0.05) is 37.4 Å². The lowest BCUT2D eigenvalue weighted by Crippen LogP contribution is -2.43. The summed E-state index contributed by atoms with van der Waals surface area (Å²) in [6.45, 7) is 3.32. The Kier molecular flexibility index (Phi) is 7.93. The number of carboxylic acids is 1. The molecule has 0 radical (unpaired) electrons. The third kappa shape index (κ3) is 5.56. The topological polar surface area (TPSA) is 66.8 Å². The molecule has 0 bridgehead atoms. The molecule has 178 valence electrons. The molecule has 1 aromatic heterocycles. The normalized spacial score (nSPS) is 29.8. The number of carboxylic acid groups (broad SMARTS) is 1. The number of Topliss-reactive ketones (excluding diaryl/α,β-unsaturated/α-hetero) is 1. The zero-order valence-electron chi connectivity index (χ0n) is 19.7. The van der Waals surface area contributed by atoms with Gasteiger partial charge in [0.25, 0.3) is 0 Å². The van der Waals surface area contributed by atoms with Crippen LogP contribution in [0.5, 0.6) is 0 Å². The van der Waals surface area contributed by atoms with E-state index in [4.69, 9.17) is 4.74 Å². The van der Waals surface area contributed by atoms with Crippen LogP contribution >= 0.6 is 11.3 Å². The largest absolute Gasteiger partial charge is 0.477 e. The van der Waals surface area contributed by atoms with Crippen molar-refractivity contribution in [2.45, 2.75) is 102 Å². The summed E-state index contributed by atoms with van der Waals surface area (Å²) in [5, 5.41) is 10.1. The number of anilines is 1. The fourth-order valence-electron chi connectivity index (χ4n) is 6.02. The monoisotopic (exact) mass is 461 g/mol. The van der Waals surface area contributed by atoms with Crippen molar-refractivity contribution < 1.29 is 19.4 Å². The fraction of sp³-hybridized carbons (Fsp3) is 0.769. The predicted molar refractivity (Wildman–Crippen MR) is 129 cm³/mol. The molecule has 3 aliphatic carbocycles. The van der Waals surface area contributed by atoms with Crippen LogP contribution in [0.15, 0.2) is 6.07 Å². The second-order valence-electron chi connectivity index (χ2n) is 10.4. The summed E-state index contributed by atoms with van der Waals surface area (Å²) in [6.07, 6.45) is 12.6. The molecule has 6 heteroatoms. The molecular formula is C26H39NO4S. The molecule has 0 unspecified atom stereocenters. The van der Waals surface area contributed by atoms with Crippen molar-refractivity contribution in [3.05, 3.63) is 15.8 Å². The molecule has 4 rings (SSSR count). The van der Waals surface area contributed by atoms with Gasteiger partial charge in [-0.3, -0.25) is 4.79 Å². The van der Waals surface area contributed by atoms with E-state index in [1.807, 2.05) is 0 Å². The number of thiophene rings is 1. The maximum Gasteiger partial charge on any atom is 0.348 e. The Bertz CT molecular complexity index is 780. The maximum atomic E-state index is 12.3. The zero-order chi connectivity index (χ0) is 22.7. The Morgan fingerprint density at radius 1 is 1.06 bits per heavy atom. The summed E-state index contributed by atoms with van der Waals surface area (Å²) in [5.74, 6) is 1.32. The number of methoxy groups -OCH3 is 1. The Morgan fingerprint density at radius 2 is 1.72 bits per heavy atom. The van der Waals surface area contributed by atoms with Gasteiger partial charge in [-0.15, -0.1) is 11.3 Å². The van der Waals surface area contributed by atoms with E-state index in [9.17, 15) is 14.7 Å². The van der Waals surface area contributed by atoms with Gasteiger partial charge in [0.2, 0.25) is 0 Å². The van der Waals surface area contributed by atoms with E-state index in [1.54, 1.807) is 7.11 Å². The lowest BCUT2D eigenvalue weighted by atomic mass is 9.82. The van der Waals surface area contributed by atoms with E-state index in [0.717, 1.165) is 61.6 Å². The first-order chi connectivity index (χ1) is 15.4. The van der Waals surface area contributed by atoms with Crippen LogP contribution in [-0.2, 0) is 9.53 Å². The smallest absolute Gasteiger partial charge is 0.348 e. The van der Waals surface area contributed by atoms with Crippen LogP contribution in [0.4, 0.5) is 5.69 Å². The second kappa shape index (κ2) is 10.7. The molecule has 0 aliphatic heterocycles. The second-order valence-corrected chi connectivity index (χ2v) is 11.5. The molecule has 0 atom stereocenters. The van der Waals surface area contributed by atoms with E-state index in [1.165, 1.54) is 37.0 Å². The average Bonchev–Trinajstić information content (AvgIpc) is 3.25. The van der Waals surface area contributed by atoms with Gasteiger partial charge >= 0.3 is 5.97 Å². The molecule has 1 heterocycles. The number of nitrogens with zero attached hydrogens (tertiary/aromatic N) is 1. The van der Waals surface area contributed by atoms with Crippen molar-refractivity contribution in [1.82, 2.24) is 0 Å². The molecule has 32 heavy (non-hydrogen) atoms. The summed E-state index contributed by atoms with van der Waals surface area (Å²) >= 11 is 1.46. The van der Waals surface area contributed by atoms with Crippen molar-refractivity contribution in [3.63, 3.8) is 0 Å². The van der Waals surface area contributed by atoms with Crippen molar-refractivity contribution in [2.24, 2.45) is 11.8 Å². The molecule has 0 aromatic carbocycles. The highest BCUT2D eigenvalue weighted by Crippen LogP contribution is 2.43. The van der Waals surface area contributed by atoms with Crippen molar-refractivity contribution >= 4 is 28.8 Å². The van der Waals surface area contributed by atoms with Gasteiger partial charge in [-0.2, -0.15) is 0 Å². The predicted octanol–water partition coefficient (Wildman–Crippen LogP) is 6.26. The van der Waals surface area contributed by atoms with Crippen LogP contribution in [0.2, 0.25) is 0 Å². The Balaban J connectivity index is 1.60. The van der Waals surface area contributed by atoms with Crippen molar-refractivity contribution in [2.75, 3.05) is 18.6 Å². The number of carbonyl (C=O) groups is 2. The number of ether oxygens (including phenoxy) is 1. The van der Waals surface area contributed by atoms with E-state index >= 15 is 0 Å². The van der Waals surface area contributed by atoms with E-state index in [0.29, 0.717) is 47.5 Å². The Labute approximate surface area is 196 Å². The SMILES string of the molecule is COC1CCC(N(CC2CCC(C)CC2)c2cc(C3CCC(=O)CC3)sc2C(=O)O)CC1. The molecule has 0 spiro atoms. The summed E-state index contributed by atoms with van der Waals surface area (Å²) in [6, 6.07) is 2.57. The van der Waals surface area contributed by atoms with Crippen LogP contribution in [0, 0.1) is 11.8 Å². The van der Waals surface area contributed by atoms with Gasteiger partial charge in [-0.25, -0.2) is 4.79 Å². The number of aromatic carboxylic acids is 1. The van der Waals surface area contributed by atoms with E-state index in [2.05, 4.69) is 17.9 Å². The lowest BCUT2D eigenvalue weighted by Gasteiger charge is -2.41. The zero-order valence-corrected chi connectivity index (χ0v) is 20.5. The van der Waals surface area contributed by atoms with E-state index in [-0.39, 0.29) is 0 Å². The maximum absolute atomic E-state index is 12.3. The van der Waals surface area contributed by atoms with Crippen LogP contribution in [0.25, 0.3) is 0 Å². The minimum atomic E-state index is -0.809. The first-order valence-corrected chi connectivity index (χ1v) is 13.4. The molecule has 3 aliphatic rings. The summed E-state index contributed by atoms with van der Waals surface area (Å²) in [4.78, 5) is 28.2. The van der Waals surface area contributed by atoms with Gasteiger partial charge < -0.3 is 14.7 Å². The number of hydrogen-bond acceptors (Lipinski definition) is 5. The quantitative estimate of drug-likeness (QED) is 0.519. The summed E-state index contributed by atoms with van der Waals surface area (Å²) < 4.78 is 5.60. The highest BCUT2D eigenvalue weighted by atomic mass is 32.1. The fourth-order valence-corrected chi connectivity index (χ4v) is 7.20. The Hall–Kier alpha value is -1.40. The first kappa shape index (κ1) is 23.7. The Morgan fingerprint density at radius 3 is 2.31 bits per heavy atom. The minimum absolute atomic E-state index is 0.325. The molecule has 3 saturated carbocycles. The van der Waals surface area contributed by atoms with Gasteiger partial charge in [-0.05, 0) is 75.2 Å². The van der Waals surface area contributed by atoms with Crippen LogP contribution in [0.3, 0.4) is 0 Å². The third-order valence-electron chi connectivity index (χ3n) is 8.19. The van der Waals surface area contributed by atoms with Gasteiger partial charge in [-0.1, -0.05) is 19.8 Å². The molecule has 1 N–H and O–H groups in total. The number of ketones is 1. The molecular weight excluding hydrogens is 422 g/mol.